The quantitative estimate of drug-likeness (QED) is 0.0913. The van der Waals surface area contributed by atoms with Gasteiger partial charge in [0.25, 0.3) is 0 Å². The summed E-state index contributed by atoms with van der Waals surface area (Å²) < 4.78 is 0. The molecule has 0 spiro atoms. The fourth-order valence-electron chi connectivity index (χ4n) is 8.27. The molecule has 0 radical (unpaired) electrons. The van der Waals surface area contributed by atoms with Gasteiger partial charge in [-0.15, -0.1) is 0 Å². The highest BCUT2D eigenvalue weighted by molar-refractivity contribution is 6.18. The van der Waals surface area contributed by atoms with Crippen LogP contribution in [-0.2, 0) is 9.59 Å². The van der Waals surface area contributed by atoms with Crippen LogP contribution in [-0.4, -0.2) is 34.2 Å². The highest BCUT2D eigenvalue weighted by Crippen LogP contribution is 2.42. The van der Waals surface area contributed by atoms with Crippen LogP contribution >= 0.6 is 0 Å². The maximum Gasteiger partial charge on any atom is 0.165 e. The van der Waals surface area contributed by atoms with Crippen LogP contribution in [0.25, 0.3) is 11.5 Å². The summed E-state index contributed by atoms with van der Waals surface area (Å²) in [6, 6.07) is 15.0. The van der Waals surface area contributed by atoms with E-state index in [1.54, 1.807) is 0 Å². The highest BCUT2D eigenvalue weighted by atomic mass is 16.3. The zero-order valence-electron chi connectivity index (χ0n) is 34.5. The number of ketones is 2. The highest BCUT2D eigenvalue weighted by Gasteiger charge is 2.30. The van der Waals surface area contributed by atoms with Gasteiger partial charge in [0, 0.05) is 23.6 Å². The molecule has 6 nitrogen and oxygen atoms in total. The molecule has 282 valence electrons. The Morgan fingerprint density at radius 1 is 0.444 bits per heavy atom. The molecule has 0 unspecified atom stereocenters. The zero-order chi connectivity index (χ0) is 40.3. The third-order valence-corrected chi connectivity index (χ3v) is 10.2. The summed E-state index contributed by atoms with van der Waals surface area (Å²) in [5.74, 6) is -0.915. The number of nitrogens with zero attached hydrogens (tertiary/aromatic N) is 2. The number of hydrogen-bond donors (Lipinski definition) is 2. The number of aliphatic imine (C=N–C) groups is 2. The molecule has 4 aromatic rings. The van der Waals surface area contributed by atoms with Crippen LogP contribution in [0.1, 0.15) is 115 Å². The van der Waals surface area contributed by atoms with Crippen molar-refractivity contribution in [2.24, 2.45) is 9.98 Å². The first-order valence-electron chi connectivity index (χ1n) is 18.5. The first kappa shape index (κ1) is 41.4. The molecule has 4 aromatic carbocycles. The van der Waals surface area contributed by atoms with Crippen LogP contribution in [0.15, 0.2) is 69.7 Å². The number of aliphatic hydroxyl groups excluding tert-OH is 2. The number of aryl methyl sites for hydroxylation is 12. The van der Waals surface area contributed by atoms with Gasteiger partial charge in [-0.3, -0.25) is 19.6 Å². The van der Waals surface area contributed by atoms with E-state index >= 15 is 0 Å². The molecule has 2 atom stereocenters. The minimum Gasteiger partial charge on any atom is -0.506 e. The van der Waals surface area contributed by atoms with E-state index in [9.17, 15) is 19.8 Å². The van der Waals surface area contributed by atoms with E-state index in [2.05, 4.69) is 38.1 Å². The van der Waals surface area contributed by atoms with Crippen molar-refractivity contribution < 1.29 is 19.8 Å². The number of allylic oxidation sites excluding steroid dienone is 2. The second kappa shape index (κ2) is 16.8. The van der Waals surface area contributed by atoms with Crippen molar-refractivity contribution in [2.45, 2.75) is 109 Å². The van der Waals surface area contributed by atoms with Crippen LogP contribution in [0.3, 0.4) is 0 Å². The second-order valence-electron chi connectivity index (χ2n) is 15.3. The molecular weight excluding hydrogens is 669 g/mol. The number of benzene rings is 4. The Balaban J connectivity index is 2.11. The van der Waals surface area contributed by atoms with Crippen molar-refractivity contribution in [3.8, 4) is 0 Å². The lowest BCUT2D eigenvalue weighted by atomic mass is 9.84. The van der Waals surface area contributed by atoms with Crippen LogP contribution in [0, 0.1) is 83.1 Å². The molecule has 54 heavy (non-hydrogen) atoms. The smallest absolute Gasteiger partial charge is 0.165 e. The van der Waals surface area contributed by atoms with E-state index in [1.165, 1.54) is 26.3 Å². The molecule has 0 saturated heterocycles. The summed E-state index contributed by atoms with van der Waals surface area (Å²) >= 11 is 0. The third kappa shape index (κ3) is 8.87. The summed E-state index contributed by atoms with van der Waals surface area (Å²) in [4.78, 5) is 37.0. The van der Waals surface area contributed by atoms with Crippen molar-refractivity contribution in [3.63, 3.8) is 0 Å². The molecule has 0 heterocycles. The average Bonchev–Trinajstić information content (AvgIpc) is 3.01. The van der Waals surface area contributed by atoms with Crippen molar-refractivity contribution in [1.29, 1.82) is 0 Å². The van der Waals surface area contributed by atoms with E-state index in [4.69, 9.17) is 9.98 Å². The van der Waals surface area contributed by atoms with Gasteiger partial charge >= 0.3 is 0 Å². The van der Waals surface area contributed by atoms with Gasteiger partial charge in [0.05, 0.1) is 11.1 Å². The minimum atomic E-state index is -0.692. The molecule has 0 fully saturated rings. The van der Waals surface area contributed by atoms with Gasteiger partial charge in [0.15, 0.2) is 11.6 Å². The first-order chi connectivity index (χ1) is 25.2. The topological polar surface area (TPSA) is 99.3 Å². The predicted octanol–water partition coefficient (Wildman–Crippen LogP) is 11.4. The van der Waals surface area contributed by atoms with Gasteiger partial charge in [0.2, 0.25) is 0 Å². The van der Waals surface area contributed by atoms with Gasteiger partial charge in [0.1, 0.15) is 23.6 Å². The molecule has 0 aliphatic heterocycles. The molecule has 0 aliphatic carbocycles. The number of hydrogen-bond acceptors (Lipinski definition) is 6. The Labute approximate surface area is 322 Å². The van der Waals surface area contributed by atoms with Crippen LogP contribution in [0.4, 0.5) is 0 Å². The lowest BCUT2D eigenvalue weighted by molar-refractivity contribution is -0.114. The Morgan fingerprint density at radius 3 is 0.889 bits per heavy atom. The lowest BCUT2D eigenvalue weighted by Crippen LogP contribution is -2.16. The number of carbonyl (C=O) groups excluding carboxylic acids is 2. The summed E-state index contributed by atoms with van der Waals surface area (Å²) in [6.07, 6.45) is 2.97. The fourth-order valence-corrected chi connectivity index (χ4v) is 8.27. The summed E-state index contributed by atoms with van der Waals surface area (Å²) in [7, 11) is 0. The van der Waals surface area contributed by atoms with Gasteiger partial charge in [-0.05, 0) is 153 Å². The Morgan fingerprint density at radius 2 is 0.667 bits per heavy atom. The SMILES string of the molecule is CC(=O)/C(C=N[C@@H](c1c(C)cc(C)cc1C)[C@@H](N=C/C(C(C)=O)=C(/O)c1c(C)cc(C)cc1C)c1c(C)cc(C)cc1C)=C(\O)c1c(C)cc(C)cc1C. The standard InChI is InChI=1S/C48H56N2O4/c1-25-15-29(5)41(30(6)16-25)45(49-23-39(37(13)51)47(53)43-33(9)19-27(3)20-34(43)10)46(42-31(7)17-26(2)18-32(42)8)50-24-40(38(14)52)48(54)44-35(11)21-28(4)22-36(44)12/h15-24,45-46,53-54H,1-14H3/b47-39-,48-40-,49-23?,50-24?/t45-,46-/m0/s1. The van der Waals surface area contributed by atoms with E-state index in [-0.39, 0.29) is 34.2 Å². The molecule has 0 amide bonds. The zero-order valence-corrected chi connectivity index (χ0v) is 34.5. The van der Waals surface area contributed by atoms with Crippen LogP contribution in [0.2, 0.25) is 0 Å². The Bertz CT molecular complexity index is 2030. The molecule has 0 aliphatic rings. The van der Waals surface area contributed by atoms with E-state index < -0.39 is 12.1 Å². The van der Waals surface area contributed by atoms with E-state index in [0.717, 1.165) is 77.9 Å². The van der Waals surface area contributed by atoms with Gasteiger partial charge in [-0.1, -0.05) is 70.8 Å². The minimum absolute atomic E-state index is 0.0878. The average molecular weight is 725 g/mol. The normalized spacial score (nSPS) is 14.0. The molecule has 6 heteroatoms. The van der Waals surface area contributed by atoms with Gasteiger partial charge in [-0.25, -0.2) is 0 Å². The van der Waals surface area contributed by atoms with Crippen molar-refractivity contribution in [1.82, 2.24) is 0 Å². The first-order valence-corrected chi connectivity index (χ1v) is 18.5. The van der Waals surface area contributed by atoms with E-state index in [1.807, 2.05) is 93.5 Å². The van der Waals surface area contributed by atoms with Crippen molar-refractivity contribution >= 4 is 35.5 Å². The Hall–Kier alpha value is -5.36. The molecule has 0 saturated carbocycles. The Kier molecular flexibility index (Phi) is 12.8. The monoisotopic (exact) mass is 724 g/mol. The summed E-state index contributed by atoms with van der Waals surface area (Å²) in [5, 5.41) is 23.5. The van der Waals surface area contributed by atoms with Crippen LogP contribution < -0.4 is 0 Å². The lowest BCUT2D eigenvalue weighted by Gasteiger charge is -2.28. The summed E-state index contributed by atoms with van der Waals surface area (Å²) in [5.41, 5.74) is 15.0. The van der Waals surface area contributed by atoms with E-state index in [0.29, 0.717) is 11.1 Å². The maximum atomic E-state index is 13.3. The molecular formula is C48H56N2O4. The maximum absolute atomic E-state index is 13.3. The van der Waals surface area contributed by atoms with Gasteiger partial charge in [-0.2, -0.15) is 0 Å². The number of carbonyl (C=O) groups is 2. The predicted molar refractivity (Wildman–Crippen MR) is 226 cm³/mol. The molecule has 0 aromatic heterocycles. The number of aliphatic hydroxyl groups is 2. The molecule has 0 bridgehead atoms. The third-order valence-electron chi connectivity index (χ3n) is 10.2. The summed E-state index contributed by atoms with van der Waals surface area (Å²) in [6.45, 7) is 26.8. The molecule has 4 rings (SSSR count). The van der Waals surface area contributed by atoms with Crippen molar-refractivity contribution in [2.75, 3.05) is 0 Å². The van der Waals surface area contributed by atoms with Crippen molar-refractivity contribution in [3.05, 3.63) is 149 Å². The van der Waals surface area contributed by atoms with Crippen LogP contribution in [0.5, 0.6) is 0 Å². The fraction of sp³-hybridized carbons (Fsp3) is 0.333. The number of Topliss-reactive ketones (excluding diaryl/α,β-unsaturated/α-hetero) is 2. The second-order valence-corrected chi connectivity index (χ2v) is 15.3. The number of rotatable bonds is 11. The largest absolute Gasteiger partial charge is 0.506 e. The molecule has 2 N–H and O–H groups in total. The van der Waals surface area contributed by atoms with Gasteiger partial charge < -0.3 is 10.2 Å².